The molecule has 2 rings (SSSR count). The molecule has 0 atom stereocenters. The lowest BCUT2D eigenvalue weighted by molar-refractivity contribution is 0.181. The topological polar surface area (TPSA) is 50.5 Å². The third kappa shape index (κ3) is 3.82. The van der Waals surface area contributed by atoms with E-state index in [0.29, 0.717) is 6.54 Å². The molecule has 5 heteroatoms. The van der Waals surface area contributed by atoms with Gasteiger partial charge in [-0.15, -0.1) is 0 Å². The summed E-state index contributed by atoms with van der Waals surface area (Å²) in [7, 11) is 3.64. The van der Waals surface area contributed by atoms with Gasteiger partial charge >= 0.3 is 0 Å². The molecule has 1 heterocycles. The Hall–Kier alpha value is -1.85. The molecule has 108 valence electrons. The summed E-state index contributed by atoms with van der Waals surface area (Å²) in [4.78, 5) is 6.32. The van der Waals surface area contributed by atoms with Crippen molar-refractivity contribution < 1.29 is 9.84 Å². The first-order valence-electron chi connectivity index (χ1n) is 6.64. The first-order valence-corrected chi connectivity index (χ1v) is 6.64. The Morgan fingerprint density at radius 1 is 1.25 bits per heavy atom. The van der Waals surface area contributed by atoms with Crippen molar-refractivity contribution in [2.75, 3.05) is 20.3 Å². The average molecular weight is 275 g/mol. The third-order valence-corrected chi connectivity index (χ3v) is 3.28. The number of benzene rings is 1. The highest BCUT2D eigenvalue weighted by molar-refractivity contribution is 5.27. The monoisotopic (exact) mass is 275 g/mol. The van der Waals surface area contributed by atoms with Crippen molar-refractivity contribution in [3.63, 3.8) is 0 Å². The minimum atomic E-state index is 0.147. The van der Waals surface area contributed by atoms with Gasteiger partial charge in [0.1, 0.15) is 5.75 Å². The molecule has 0 aliphatic heterocycles. The van der Waals surface area contributed by atoms with Gasteiger partial charge in [-0.05, 0) is 17.7 Å². The lowest BCUT2D eigenvalue weighted by atomic mass is 10.2. The van der Waals surface area contributed by atoms with Crippen LogP contribution in [-0.4, -0.2) is 39.8 Å². The van der Waals surface area contributed by atoms with Crippen LogP contribution in [0, 0.1) is 0 Å². The van der Waals surface area contributed by atoms with Crippen molar-refractivity contribution in [1.82, 2.24) is 14.5 Å². The zero-order valence-corrected chi connectivity index (χ0v) is 12.0. The molecular weight excluding hydrogens is 254 g/mol. The summed E-state index contributed by atoms with van der Waals surface area (Å²) in [5, 5.41) is 9.21. The lowest BCUT2D eigenvalue weighted by Crippen LogP contribution is -2.26. The fraction of sp³-hybridized carbons (Fsp3) is 0.400. The van der Waals surface area contributed by atoms with Crippen LogP contribution in [0.2, 0.25) is 0 Å². The third-order valence-electron chi connectivity index (χ3n) is 3.28. The number of rotatable bonds is 7. The smallest absolute Gasteiger partial charge is 0.118 e. The molecule has 20 heavy (non-hydrogen) atoms. The summed E-state index contributed by atoms with van der Waals surface area (Å²) in [5.74, 6) is 0.856. The molecule has 0 aliphatic rings. The molecule has 0 amide bonds. The molecular formula is C15H21N3O2. The van der Waals surface area contributed by atoms with Crippen LogP contribution in [0.4, 0.5) is 0 Å². The van der Waals surface area contributed by atoms with Crippen LogP contribution in [0.3, 0.4) is 0 Å². The first-order chi connectivity index (χ1) is 9.72. The van der Waals surface area contributed by atoms with Crippen molar-refractivity contribution in [2.45, 2.75) is 13.1 Å². The van der Waals surface area contributed by atoms with E-state index in [4.69, 9.17) is 4.74 Å². The molecule has 0 unspecified atom stereocenters. The molecule has 0 radical (unpaired) electrons. The normalized spacial score (nSPS) is 11.0. The highest BCUT2D eigenvalue weighted by Crippen LogP contribution is 2.14. The second kappa shape index (κ2) is 7.07. The number of hydrogen-bond acceptors (Lipinski definition) is 4. The number of hydrogen-bond donors (Lipinski definition) is 1. The van der Waals surface area contributed by atoms with Crippen LogP contribution in [0.15, 0.2) is 36.8 Å². The lowest BCUT2D eigenvalue weighted by Gasteiger charge is -2.21. The first kappa shape index (κ1) is 14.6. The summed E-state index contributed by atoms with van der Waals surface area (Å²) in [6.07, 6.45) is 3.65. The second-order valence-corrected chi connectivity index (χ2v) is 4.78. The summed E-state index contributed by atoms with van der Waals surface area (Å²) in [6.45, 7) is 2.34. The predicted octanol–water partition coefficient (Wildman–Crippen LogP) is 1.42. The molecule has 1 N–H and O–H groups in total. The van der Waals surface area contributed by atoms with Crippen LogP contribution in [0.1, 0.15) is 11.3 Å². The maximum atomic E-state index is 9.21. The van der Waals surface area contributed by atoms with E-state index in [-0.39, 0.29) is 6.61 Å². The molecule has 5 nitrogen and oxygen atoms in total. The Kier molecular flexibility index (Phi) is 5.15. The maximum Gasteiger partial charge on any atom is 0.118 e. The number of aromatic nitrogens is 2. The van der Waals surface area contributed by atoms with Gasteiger partial charge < -0.3 is 14.4 Å². The number of aliphatic hydroxyl groups is 1. The molecule has 0 bridgehead atoms. The van der Waals surface area contributed by atoms with Gasteiger partial charge in [0.05, 0.1) is 25.7 Å². The van der Waals surface area contributed by atoms with Gasteiger partial charge in [0.2, 0.25) is 0 Å². The Morgan fingerprint density at radius 2 is 2.00 bits per heavy atom. The van der Waals surface area contributed by atoms with E-state index in [9.17, 15) is 5.11 Å². The van der Waals surface area contributed by atoms with E-state index in [1.165, 1.54) is 5.56 Å². The quantitative estimate of drug-likeness (QED) is 0.830. The number of imidazole rings is 1. The summed E-state index contributed by atoms with van der Waals surface area (Å²) >= 11 is 0. The van der Waals surface area contributed by atoms with E-state index in [1.54, 1.807) is 13.4 Å². The highest BCUT2D eigenvalue weighted by Gasteiger charge is 2.09. The van der Waals surface area contributed by atoms with E-state index < -0.39 is 0 Å². The number of ether oxygens (including phenoxy) is 1. The van der Waals surface area contributed by atoms with Crippen LogP contribution in [-0.2, 0) is 20.1 Å². The Balaban J connectivity index is 2.02. The minimum Gasteiger partial charge on any atom is -0.497 e. The molecule has 2 aromatic rings. The van der Waals surface area contributed by atoms with E-state index in [1.807, 2.05) is 42.1 Å². The van der Waals surface area contributed by atoms with Crippen LogP contribution >= 0.6 is 0 Å². The largest absolute Gasteiger partial charge is 0.497 e. The Bertz CT molecular complexity index is 522. The van der Waals surface area contributed by atoms with Gasteiger partial charge in [0.15, 0.2) is 0 Å². The molecule has 1 aromatic heterocycles. The zero-order chi connectivity index (χ0) is 14.4. The minimum absolute atomic E-state index is 0.147. The van der Waals surface area contributed by atoms with Crippen molar-refractivity contribution in [3.05, 3.63) is 48.0 Å². The summed E-state index contributed by atoms with van der Waals surface area (Å²) < 4.78 is 7.16. The molecule has 0 fully saturated rings. The van der Waals surface area contributed by atoms with Crippen molar-refractivity contribution in [1.29, 1.82) is 0 Å². The maximum absolute atomic E-state index is 9.21. The number of nitrogens with zero attached hydrogens (tertiary/aromatic N) is 3. The zero-order valence-electron chi connectivity index (χ0n) is 12.0. The molecule has 0 saturated carbocycles. The summed E-state index contributed by atoms with van der Waals surface area (Å²) in [5.41, 5.74) is 2.33. The van der Waals surface area contributed by atoms with Gasteiger partial charge in [-0.25, -0.2) is 4.98 Å². The van der Waals surface area contributed by atoms with E-state index >= 15 is 0 Å². The molecule has 1 aromatic carbocycles. The number of aryl methyl sites for hydroxylation is 1. The van der Waals surface area contributed by atoms with Gasteiger partial charge in [-0.2, -0.15) is 0 Å². The van der Waals surface area contributed by atoms with Crippen molar-refractivity contribution in [3.8, 4) is 5.75 Å². The SMILES string of the molecule is COc1ccc(CN(CCO)Cc2cncn2C)cc1. The average Bonchev–Trinajstić information content (AvgIpc) is 2.85. The fourth-order valence-corrected chi connectivity index (χ4v) is 2.11. The number of methoxy groups -OCH3 is 1. The van der Waals surface area contributed by atoms with Crippen LogP contribution in [0.25, 0.3) is 0 Å². The molecule has 0 aliphatic carbocycles. The second-order valence-electron chi connectivity index (χ2n) is 4.78. The van der Waals surface area contributed by atoms with Crippen LogP contribution in [0.5, 0.6) is 5.75 Å². The van der Waals surface area contributed by atoms with E-state index in [0.717, 1.165) is 24.5 Å². The predicted molar refractivity (Wildman–Crippen MR) is 77.4 cm³/mol. The van der Waals surface area contributed by atoms with Gasteiger partial charge in [-0.3, -0.25) is 4.90 Å². The highest BCUT2D eigenvalue weighted by atomic mass is 16.5. The molecule has 0 spiro atoms. The van der Waals surface area contributed by atoms with E-state index in [2.05, 4.69) is 9.88 Å². The van der Waals surface area contributed by atoms with Crippen LogP contribution < -0.4 is 4.74 Å². The fourth-order valence-electron chi connectivity index (χ4n) is 2.11. The van der Waals surface area contributed by atoms with Gasteiger partial charge in [0, 0.05) is 32.9 Å². The summed E-state index contributed by atoms with van der Waals surface area (Å²) in [6, 6.07) is 8.01. The Labute approximate surface area is 119 Å². The number of aliphatic hydroxyl groups excluding tert-OH is 1. The Morgan fingerprint density at radius 3 is 2.55 bits per heavy atom. The van der Waals surface area contributed by atoms with Gasteiger partial charge in [0.25, 0.3) is 0 Å². The van der Waals surface area contributed by atoms with Gasteiger partial charge in [-0.1, -0.05) is 12.1 Å². The molecule has 0 saturated heterocycles. The standard InChI is InChI=1S/C15H21N3O2/c1-17-12-16-9-14(17)11-18(7-8-19)10-13-3-5-15(20-2)6-4-13/h3-6,9,12,19H,7-8,10-11H2,1-2H3. The van der Waals surface area contributed by atoms with Crippen molar-refractivity contribution >= 4 is 0 Å². The van der Waals surface area contributed by atoms with Crippen molar-refractivity contribution in [2.24, 2.45) is 7.05 Å².